The SMILES string of the molecule is O=c1c2ccccc2n(Cc2nc(-c3ccccc3F)no2)c(=O)n1C1CC1. The third kappa shape index (κ3) is 2.65. The minimum atomic E-state index is -0.459. The summed E-state index contributed by atoms with van der Waals surface area (Å²) in [5.41, 5.74) is 0.0338. The summed E-state index contributed by atoms with van der Waals surface area (Å²) in [4.78, 5) is 29.9. The Bertz CT molecular complexity index is 1320. The lowest BCUT2D eigenvalue weighted by Crippen LogP contribution is -2.39. The Hall–Kier alpha value is -3.55. The lowest BCUT2D eigenvalue weighted by Gasteiger charge is -2.12. The van der Waals surface area contributed by atoms with E-state index in [4.69, 9.17) is 4.52 Å². The summed E-state index contributed by atoms with van der Waals surface area (Å²) in [6.07, 6.45) is 1.62. The van der Waals surface area contributed by atoms with Crippen molar-refractivity contribution in [3.63, 3.8) is 0 Å². The van der Waals surface area contributed by atoms with Crippen molar-refractivity contribution >= 4 is 10.9 Å². The minimum absolute atomic E-state index is 0.00615. The van der Waals surface area contributed by atoms with Crippen molar-refractivity contribution in [2.24, 2.45) is 0 Å². The van der Waals surface area contributed by atoms with Gasteiger partial charge in [0.2, 0.25) is 11.7 Å². The van der Waals surface area contributed by atoms with Crippen molar-refractivity contribution in [1.82, 2.24) is 19.3 Å². The summed E-state index contributed by atoms with van der Waals surface area (Å²) >= 11 is 0. The van der Waals surface area contributed by atoms with Crippen LogP contribution in [-0.2, 0) is 6.54 Å². The number of hydrogen-bond acceptors (Lipinski definition) is 5. The Labute approximate surface area is 157 Å². The van der Waals surface area contributed by atoms with Gasteiger partial charge < -0.3 is 4.52 Å². The number of rotatable bonds is 4. The van der Waals surface area contributed by atoms with E-state index < -0.39 is 11.5 Å². The average molecular weight is 378 g/mol. The topological polar surface area (TPSA) is 82.9 Å². The van der Waals surface area contributed by atoms with E-state index in [2.05, 4.69) is 10.1 Å². The lowest BCUT2D eigenvalue weighted by molar-refractivity contribution is 0.369. The monoisotopic (exact) mass is 378 g/mol. The van der Waals surface area contributed by atoms with E-state index in [1.54, 1.807) is 42.5 Å². The van der Waals surface area contributed by atoms with Crippen molar-refractivity contribution in [1.29, 1.82) is 0 Å². The minimum Gasteiger partial charge on any atom is -0.337 e. The normalized spacial score (nSPS) is 13.9. The molecule has 0 amide bonds. The molecular formula is C20H15FN4O3. The molecule has 7 nitrogen and oxygen atoms in total. The first-order valence-corrected chi connectivity index (χ1v) is 8.95. The number of halogens is 1. The second kappa shape index (κ2) is 6.26. The van der Waals surface area contributed by atoms with Gasteiger partial charge in [-0.15, -0.1) is 0 Å². The van der Waals surface area contributed by atoms with Crippen LogP contribution >= 0.6 is 0 Å². The highest BCUT2D eigenvalue weighted by Gasteiger charge is 2.29. The van der Waals surface area contributed by atoms with Crippen LogP contribution in [0.3, 0.4) is 0 Å². The predicted molar refractivity (Wildman–Crippen MR) is 99.5 cm³/mol. The van der Waals surface area contributed by atoms with E-state index in [1.165, 1.54) is 15.2 Å². The van der Waals surface area contributed by atoms with Crippen LogP contribution in [0.1, 0.15) is 24.8 Å². The molecule has 1 saturated carbocycles. The van der Waals surface area contributed by atoms with Crippen molar-refractivity contribution in [3.05, 3.63) is 81.1 Å². The van der Waals surface area contributed by atoms with Gasteiger partial charge >= 0.3 is 5.69 Å². The summed E-state index contributed by atoms with van der Waals surface area (Å²) in [6.45, 7) is -0.00615. The second-order valence-corrected chi connectivity index (χ2v) is 6.78. The highest BCUT2D eigenvalue weighted by atomic mass is 19.1. The zero-order valence-corrected chi connectivity index (χ0v) is 14.7. The van der Waals surface area contributed by atoms with Crippen LogP contribution in [-0.4, -0.2) is 19.3 Å². The molecule has 0 saturated heterocycles. The molecule has 2 aromatic carbocycles. The molecule has 140 valence electrons. The van der Waals surface area contributed by atoms with E-state index in [1.807, 2.05) is 0 Å². The molecule has 0 unspecified atom stereocenters. The Morgan fingerprint density at radius 3 is 2.61 bits per heavy atom. The number of benzene rings is 2. The lowest BCUT2D eigenvalue weighted by atomic mass is 10.2. The van der Waals surface area contributed by atoms with Crippen LogP contribution in [0, 0.1) is 5.82 Å². The smallest absolute Gasteiger partial charge is 0.332 e. The molecule has 4 aromatic rings. The maximum absolute atomic E-state index is 14.0. The summed E-state index contributed by atoms with van der Waals surface area (Å²) < 4.78 is 22.0. The van der Waals surface area contributed by atoms with Crippen molar-refractivity contribution in [2.45, 2.75) is 25.4 Å². The quantitative estimate of drug-likeness (QED) is 0.545. The molecule has 2 aromatic heterocycles. The van der Waals surface area contributed by atoms with Gasteiger partial charge in [-0.2, -0.15) is 4.98 Å². The summed E-state index contributed by atoms with van der Waals surface area (Å²) in [5.74, 6) is -0.188. The molecular weight excluding hydrogens is 363 g/mol. The summed E-state index contributed by atoms with van der Waals surface area (Å²) in [6, 6.07) is 13.0. The van der Waals surface area contributed by atoms with Gasteiger partial charge in [-0.3, -0.25) is 13.9 Å². The van der Waals surface area contributed by atoms with Crippen LogP contribution < -0.4 is 11.2 Å². The van der Waals surface area contributed by atoms with Crippen molar-refractivity contribution < 1.29 is 8.91 Å². The summed E-state index contributed by atoms with van der Waals surface area (Å²) in [5, 5.41) is 4.29. The zero-order chi connectivity index (χ0) is 19.3. The van der Waals surface area contributed by atoms with Gasteiger partial charge in [0.25, 0.3) is 5.56 Å². The highest BCUT2D eigenvalue weighted by molar-refractivity contribution is 5.78. The van der Waals surface area contributed by atoms with Gasteiger partial charge in [0.05, 0.1) is 16.5 Å². The maximum atomic E-state index is 14.0. The maximum Gasteiger partial charge on any atom is 0.332 e. The molecule has 2 heterocycles. The molecule has 0 N–H and O–H groups in total. The third-order valence-electron chi connectivity index (χ3n) is 4.87. The van der Waals surface area contributed by atoms with Crippen LogP contribution in [0.2, 0.25) is 0 Å². The molecule has 0 aliphatic heterocycles. The first kappa shape index (κ1) is 16.6. The van der Waals surface area contributed by atoms with E-state index >= 15 is 0 Å². The number of hydrogen-bond donors (Lipinski definition) is 0. The molecule has 0 spiro atoms. The van der Waals surface area contributed by atoms with Crippen LogP contribution in [0.5, 0.6) is 0 Å². The van der Waals surface area contributed by atoms with Gasteiger partial charge in [0.1, 0.15) is 12.4 Å². The highest BCUT2D eigenvalue weighted by Crippen LogP contribution is 2.32. The third-order valence-corrected chi connectivity index (χ3v) is 4.87. The van der Waals surface area contributed by atoms with E-state index in [0.29, 0.717) is 10.9 Å². The standard InChI is InChI=1S/C20H15FN4O3/c21-15-7-3-1-5-13(15)18-22-17(28-23-18)11-24-16-8-4-2-6-14(16)19(26)25(20(24)27)12-9-10-12/h1-8,12H,9-11H2. The molecule has 0 bridgehead atoms. The molecule has 1 fully saturated rings. The zero-order valence-electron chi connectivity index (χ0n) is 14.7. The van der Waals surface area contributed by atoms with Crippen molar-refractivity contribution in [3.8, 4) is 11.4 Å². The molecule has 28 heavy (non-hydrogen) atoms. The average Bonchev–Trinajstić information content (AvgIpc) is 3.43. The number of nitrogens with zero attached hydrogens (tertiary/aromatic N) is 4. The fourth-order valence-electron chi connectivity index (χ4n) is 3.35. The number of aromatic nitrogens is 4. The van der Waals surface area contributed by atoms with Crippen LogP contribution in [0.4, 0.5) is 4.39 Å². The Morgan fingerprint density at radius 2 is 1.82 bits per heavy atom. The van der Waals surface area contributed by atoms with Crippen LogP contribution in [0.15, 0.2) is 62.6 Å². The van der Waals surface area contributed by atoms with Crippen molar-refractivity contribution in [2.75, 3.05) is 0 Å². The van der Waals surface area contributed by atoms with Gasteiger partial charge in [-0.1, -0.05) is 29.4 Å². The first-order chi connectivity index (χ1) is 13.6. The molecule has 5 rings (SSSR count). The number of fused-ring (bicyclic) bond motifs is 1. The number of para-hydroxylation sites is 1. The van der Waals surface area contributed by atoms with Gasteiger partial charge in [0.15, 0.2) is 0 Å². The summed E-state index contributed by atoms with van der Waals surface area (Å²) in [7, 11) is 0. The van der Waals surface area contributed by atoms with E-state index in [-0.39, 0.29) is 35.4 Å². The van der Waals surface area contributed by atoms with Gasteiger partial charge in [-0.05, 0) is 37.1 Å². The molecule has 8 heteroatoms. The molecule has 1 aliphatic rings. The van der Waals surface area contributed by atoms with Gasteiger partial charge in [-0.25, -0.2) is 9.18 Å². The molecule has 0 atom stereocenters. The second-order valence-electron chi connectivity index (χ2n) is 6.78. The Balaban J connectivity index is 1.62. The fourth-order valence-corrected chi connectivity index (χ4v) is 3.35. The van der Waals surface area contributed by atoms with Crippen LogP contribution in [0.25, 0.3) is 22.3 Å². The molecule has 0 radical (unpaired) electrons. The molecule has 1 aliphatic carbocycles. The first-order valence-electron chi connectivity index (χ1n) is 8.95. The Kier molecular flexibility index (Phi) is 3.71. The van der Waals surface area contributed by atoms with E-state index in [9.17, 15) is 14.0 Å². The largest absolute Gasteiger partial charge is 0.337 e. The Morgan fingerprint density at radius 1 is 1.07 bits per heavy atom. The van der Waals surface area contributed by atoms with E-state index in [0.717, 1.165) is 12.8 Å². The van der Waals surface area contributed by atoms with Gasteiger partial charge in [0, 0.05) is 6.04 Å². The fraction of sp³-hybridized carbons (Fsp3) is 0.200. The predicted octanol–water partition coefficient (Wildman–Crippen LogP) is 2.74.